The zero-order valence-corrected chi connectivity index (χ0v) is 15.0. The van der Waals surface area contributed by atoms with Gasteiger partial charge in [-0.1, -0.05) is 12.1 Å². The number of benzene rings is 2. The summed E-state index contributed by atoms with van der Waals surface area (Å²) in [7, 11) is 1.35. The second-order valence-electron chi connectivity index (χ2n) is 6.09. The van der Waals surface area contributed by atoms with Crippen LogP contribution in [0, 0.1) is 10.1 Å². The summed E-state index contributed by atoms with van der Waals surface area (Å²) in [5, 5.41) is 13.9. The van der Waals surface area contributed by atoms with Gasteiger partial charge in [0.25, 0.3) is 5.91 Å². The van der Waals surface area contributed by atoms with Gasteiger partial charge in [0.1, 0.15) is 0 Å². The minimum atomic E-state index is -0.569. The number of morpholine rings is 1. The van der Waals surface area contributed by atoms with Gasteiger partial charge >= 0.3 is 5.69 Å². The van der Waals surface area contributed by atoms with Gasteiger partial charge in [-0.15, -0.1) is 0 Å². The van der Waals surface area contributed by atoms with Gasteiger partial charge in [-0.2, -0.15) is 0 Å². The number of rotatable bonds is 6. The van der Waals surface area contributed by atoms with Gasteiger partial charge in [0.05, 0.1) is 25.2 Å². The van der Waals surface area contributed by atoms with Crippen molar-refractivity contribution >= 4 is 17.3 Å². The lowest BCUT2D eigenvalue weighted by atomic mass is 10.1. The molecule has 0 unspecified atom stereocenters. The Morgan fingerprint density at radius 1 is 1.22 bits per heavy atom. The Bertz CT molecular complexity index is 817. The van der Waals surface area contributed by atoms with Gasteiger partial charge in [-0.05, 0) is 29.8 Å². The number of nitro groups is 1. The predicted molar refractivity (Wildman–Crippen MR) is 100 cm³/mol. The van der Waals surface area contributed by atoms with E-state index < -0.39 is 4.92 Å². The summed E-state index contributed by atoms with van der Waals surface area (Å²) in [6.45, 7) is 3.53. The maximum atomic E-state index is 12.3. The molecule has 27 heavy (non-hydrogen) atoms. The van der Waals surface area contributed by atoms with Crippen molar-refractivity contribution < 1.29 is 19.2 Å². The van der Waals surface area contributed by atoms with Crippen molar-refractivity contribution in [2.24, 2.45) is 0 Å². The SMILES string of the molecule is COc1ccc(C(=O)NCc2ccc(N3CCOCC3)cc2)cc1[N+](=O)[O-]. The Kier molecular flexibility index (Phi) is 5.87. The van der Waals surface area contributed by atoms with E-state index >= 15 is 0 Å². The summed E-state index contributed by atoms with van der Waals surface area (Å²) in [6, 6.07) is 12.1. The standard InChI is InChI=1S/C19H21N3O5/c1-26-18-7-4-15(12-17(18)22(24)25)19(23)20-13-14-2-5-16(6-3-14)21-8-10-27-11-9-21/h2-7,12H,8-11,13H2,1H3,(H,20,23). The average Bonchev–Trinajstić information content (AvgIpc) is 2.72. The van der Waals surface area contributed by atoms with E-state index in [0.717, 1.165) is 37.6 Å². The van der Waals surface area contributed by atoms with Crippen molar-refractivity contribution in [3.8, 4) is 5.75 Å². The highest BCUT2D eigenvalue weighted by Crippen LogP contribution is 2.27. The first kappa shape index (κ1) is 18.7. The Morgan fingerprint density at radius 3 is 2.56 bits per heavy atom. The molecule has 8 nitrogen and oxygen atoms in total. The van der Waals surface area contributed by atoms with Crippen LogP contribution >= 0.6 is 0 Å². The number of hydrogen-bond acceptors (Lipinski definition) is 6. The normalized spacial score (nSPS) is 13.9. The molecule has 0 aromatic heterocycles. The molecule has 2 aromatic rings. The van der Waals surface area contributed by atoms with Crippen LogP contribution in [0.25, 0.3) is 0 Å². The largest absolute Gasteiger partial charge is 0.490 e. The molecule has 0 spiro atoms. The third-order valence-electron chi connectivity index (χ3n) is 4.40. The number of nitrogens with zero attached hydrogens (tertiary/aromatic N) is 2. The second-order valence-corrected chi connectivity index (χ2v) is 6.09. The molecule has 0 saturated carbocycles. The van der Waals surface area contributed by atoms with E-state index in [0.29, 0.717) is 6.54 Å². The smallest absolute Gasteiger partial charge is 0.311 e. The highest BCUT2D eigenvalue weighted by molar-refractivity contribution is 5.95. The van der Waals surface area contributed by atoms with Crippen LogP contribution in [0.15, 0.2) is 42.5 Å². The van der Waals surface area contributed by atoms with E-state index in [4.69, 9.17) is 9.47 Å². The third kappa shape index (κ3) is 4.53. The highest BCUT2D eigenvalue weighted by Gasteiger charge is 2.18. The maximum absolute atomic E-state index is 12.3. The number of hydrogen-bond donors (Lipinski definition) is 1. The molecule has 1 fully saturated rings. The molecule has 0 radical (unpaired) electrons. The number of anilines is 1. The molecule has 2 aromatic carbocycles. The molecular formula is C19H21N3O5. The maximum Gasteiger partial charge on any atom is 0.311 e. The Hall–Kier alpha value is -3.13. The highest BCUT2D eigenvalue weighted by atomic mass is 16.6. The first-order chi connectivity index (χ1) is 13.1. The summed E-state index contributed by atoms with van der Waals surface area (Å²) in [5.74, 6) is -0.256. The van der Waals surface area contributed by atoms with Crippen molar-refractivity contribution in [1.29, 1.82) is 0 Å². The molecule has 1 amide bonds. The number of amides is 1. The molecular weight excluding hydrogens is 350 g/mol. The summed E-state index contributed by atoms with van der Waals surface area (Å²) < 4.78 is 10.3. The van der Waals surface area contributed by atoms with Gasteiger partial charge in [-0.3, -0.25) is 14.9 Å². The van der Waals surface area contributed by atoms with Crippen molar-refractivity contribution in [1.82, 2.24) is 5.32 Å². The molecule has 1 aliphatic rings. The van der Waals surface area contributed by atoms with Crippen LogP contribution in [0.5, 0.6) is 5.75 Å². The fourth-order valence-electron chi connectivity index (χ4n) is 2.90. The van der Waals surface area contributed by atoms with Gasteiger partial charge < -0.3 is 19.7 Å². The van der Waals surface area contributed by atoms with Crippen molar-refractivity contribution in [3.05, 3.63) is 63.7 Å². The molecule has 0 atom stereocenters. The zero-order valence-electron chi connectivity index (χ0n) is 15.0. The molecule has 3 rings (SSSR count). The van der Waals surface area contributed by atoms with Gasteiger partial charge in [0.2, 0.25) is 0 Å². The Balaban J connectivity index is 1.62. The second kappa shape index (κ2) is 8.50. The lowest BCUT2D eigenvalue weighted by Crippen LogP contribution is -2.36. The fourth-order valence-corrected chi connectivity index (χ4v) is 2.90. The van der Waals surface area contributed by atoms with E-state index in [9.17, 15) is 14.9 Å². The molecule has 142 valence electrons. The average molecular weight is 371 g/mol. The minimum Gasteiger partial charge on any atom is -0.490 e. The van der Waals surface area contributed by atoms with E-state index in [1.165, 1.54) is 25.3 Å². The van der Waals surface area contributed by atoms with E-state index in [2.05, 4.69) is 10.2 Å². The van der Waals surface area contributed by atoms with Gasteiger partial charge in [0, 0.05) is 37.0 Å². The molecule has 1 aliphatic heterocycles. The van der Waals surface area contributed by atoms with Crippen LogP contribution in [0.2, 0.25) is 0 Å². The molecule has 0 aliphatic carbocycles. The van der Waals surface area contributed by atoms with Crippen LogP contribution in [0.1, 0.15) is 15.9 Å². The molecule has 1 saturated heterocycles. The molecule has 8 heteroatoms. The van der Waals surface area contributed by atoms with Crippen LogP contribution in [-0.4, -0.2) is 44.2 Å². The number of carbonyl (C=O) groups is 1. The topological polar surface area (TPSA) is 93.9 Å². The zero-order chi connectivity index (χ0) is 19.2. The predicted octanol–water partition coefficient (Wildman–Crippen LogP) is 2.37. The summed E-state index contributed by atoms with van der Waals surface area (Å²) in [5.41, 5.74) is 2.05. The van der Waals surface area contributed by atoms with Crippen LogP contribution < -0.4 is 15.0 Å². The first-order valence-electron chi connectivity index (χ1n) is 8.61. The number of ether oxygens (including phenoxy) is 2. The minimum absolute atomic E-state index is 0.121. The number of carbonyl (C=O) groups excluding carboxylic acids is 1. The fraction of sp³-hybridized carbons (Fsp3) is 0.316. The third-order valence-corrected chi connectivity index (χ3v) is 4.40. The summed E-state index contributed by atoms with van der Waals surface area (Å²) in [6.07, 6.45) is 0. The number of methoxy groups -OCH3 is 1. The van der Waals surface area contributed by atoms with Crippen LogP contribution in [-0.2, 0) is 11.3 Å². The van der Waals surface area contributed by atoms with Crippen LogP contribution in [0.3, 0.4) is 0 Å². The Labute approximate surface area is 156 Å². The van der Waals surface area contributed by atoms with E-state index in [-0.39, 0.29) is 22.9 Å². The van der Waals surface area contributed by atoms with Crippen molar-refractivity contribution in [2.75, 3.05) is 38.3 Å². The van der Waals surface area contributed by atoms with Gasteiger partial charge in [-0.25, -0.2) is 0 Å². The van der Waals surface area contributed by atoms with Crippen molar-refractivity contribution in [3.63, 3.8) is 0 Å². The van der Waals surface area contributed by atoms with E-state index in [1.54, 1.807) is 0 Å². The lowest BCUT2D eigenvalue weighted by Gasteiger charge is -2.28. The summed E-state index contributed by atoms with van der Waals surface area (Å²) in [4.78, 5) is 25.1. The summed E-state index contributed by atoms with van der Waals surface area (Å²) >= 11 is 0. The Morgan fingerprint density at radius 2 is 1.93 bits per heavy atom. The molecule has 1 heterocycles. The van der Waals surface area contributed by atoms with Crippen molar-refractivity contribution in [2.45, 2.75) is 6.54 Å². The quantitative estimate of drug-likeness (QED) is 0.619. The van der Waals surface area contributed by atoms with Gasteiger partial charge in [0.15, 0.2) is 5.75 Å². The monoisotopic (exact) mass is 371 g/mol. The number of nitro benzene ring substituents is 1. The molecule has 0 bridgehead atoms. The number of nitrogens with one attached hydrogen (secondary N) is 1. The van der Waals surface area contributed by atoms with Crippen LogP contribution in [0.4, 0.5) is 11.4 Å². The first-order valence-corrected chi connectivity index (χ1v) is 8.61. The molecule has 1 N–H and O–H groups in total. The lowest BCUT2D eigenvalue weighted by molar-refractivity contribution is -0.385. The van der Waals surface area contributed by atoms with E-state index in [1.807, 2.05) is 24.3 Å².